The number of aliphatic hydroxyl groups is 1. The Morgan fingerprint density at radius 3 is 2.68 bits per heavy atom. The number of benzene rings is 1. The molecule has 1 N–H and O–H groups in total. The zero-order valence-corrected chi connectivity index (χ0v) is 14.5. The number of aryl methyl sites for hydroxylation is 1. The number of hydrogen-bond donors (Lipinski definition) is 1. The van der Waals surface area contributed by atoms with Crippen LogP contribution >= 0.6 is 11.8 Å². The number of aliphatic hydroxyl groups excluding tert-OH is 1. The van der Waals surface area contributed by atoms with Crippen LogP contribution in [0.4, 0.5) is 4.79 Å². The molecule has 2 unspecified atom stereocenters. The number of rotatable bonds is 6. The van der Waals surface area contributed by atoms with Crippen LogP contribution in [0.15, 0.2) is 48.5 Å². The summed E-state index contributed by atoms with van der Waals surface area (Å²) >= 11 is 0.825. The van der Waals surface area contributed by atoms with Gasteiger partial charge in [0.25, 0.3) is 11.1 Å². The standard InChI is InChI=1S/C18H18N2O4S/c1-12-6-5-9-14(19-12)15(21)11-24-17-16(22)20(18(23)25-17)10-13-7-3-2-4-8-13/h2-9,15,17,21H,10-11H2,1H3. The van der Waals surface area contributed by atoms with Crippen LogP contribution in [-0.4, -0.2) is 38.2 Å². The third kappa shape index (κ3) is 4.25. The van der Waals surface area contributed by atoms with Crippen LogP contribution in [0, 0.1) is 6.92 Å². The van der Waals surface area contributed by atoms with E-state index >= 15 is 0 Å². The highest BCUT2D eigenvalue weighted by molar-refractivity contribution is 8.15. The van der Waals surface area contributed by atoms with E-state index < -0.39 is 17.4 Å². The largest absolute Gasteiger partial charge is 0.384 e. The SMILES string of the molecule is Cc1cccc(C(O)COC2SC(=O)N(Cc3ccccc3)C2=O)n1. The molecule has 1 aromatic carbocycles. The molecule has 0 bridgehead atoms. The Bertz CT molecular complexity index is 769. The van der Waals surface area contributed by atoms with Crippen molar-refractivity contribution in [1.82, 2.24) is 9.88 Å². The van der Waals surface area contributed by atoms with Gasteiger partial charge in [-0.3, -0.25) is 19.5 Å². The van der Waals surface area contributed by atoms with Gasteiger partial charge in [-0.15, -0.1) is 0 Å². The zero-order chi connectivity index (χ0) is 17.8. The van der Waals surface area contributed by atoms with E-state index in [4.69, 9.17) is 4.74 Å². The number of ether oxygens (including phenoxy) is 1. The van der Waals surface area contributed by atoms with Crippen molar-refractivity contribution in [3.05, 3.63) is 65.5 Å². The van der Waals surface area contributed by atoms with Gasteiger partial charge in [-0.05, 0) is 36.4 Å². The highest BCUT2D eigenvalue weighted by atomic mass is 32.2. The fourth-order valence-electron chi connectivity index (χ4n) is 2.45. The van der Waals surface area contributed by atoms with Crippen LogP contribution in [0.1, 0.15) is 23.1 Å². The Kier molecular flexibility index (Phi) is 5.47. The predicted molar refractivity (Wildman–Crippen MR) is 93.7 cm³/mol. The highest BCUT2D eigenvalue weighted by Gasteiger charge is 2.40. The second-order valence-electron chi connectivity index (χ2n) is 5.68. The van der Waals surface area contributed by atoms with E-state index in [0.717, 1.165) is 23.0 Å². The normalized spacial score (nSPS) is 18.6. The Morgan fingerprint density at radius 2 is 1.96 bits per heavy atom. The minimum absolute atomic E-state index is 0.105. The first-order chi connectivity index (χ1) is 12.0. The molecule has 2 heterocycles. The summed E-state index contributed by atoms with van der Waals surface area (Å²) in [5.74, 6) is -0.400. The molecule has 1 saturated heterocycles. The maximum atomic E-state index is 12.4. The predicted octanol–water partition coefficient (Wildman–Crippen LogP) is 2.66. The van der Waals surface area contributed by atoms with Gasteiger partial charge < -0.3 is 9.84 Å². The van der Waals surface area contributed by atoms with Crippen molar-refractivity contribution >= 4 is 22.9 Å². The summed E-state index contributed by atoms with van der Waals surface area (Å²) in [5, 5.41) is 9.81. The fourth-order valence-corrected chi connectivity index (χ4v) is 3.29. The van der Waals surface area contributed by atoms with Crippen molar-refractivity contribution in [2.75, 3.05) is 6.61 Å². The van der Waals surface area contributed by atoms with E-state index in [1.54, 1.807) is 12.1 Å². The summed E-state index contributed by atoms with van der Waals surface area (Å²) in [4.78, 5) is 29.9. The third-order valence-corrected chi connectivity index (χ3v) is 4.71. The summed E-state index contributed by atoms with van der Waals surface area (Å²) in [7, 11) is 0. The number of pyridine rings is 1. The average Bonchev–Trinajstić information content (AvgIpc) is 2.88. The third-order valence-electron chi connectivity index (χ3n) is 3.74. The molecule has 3 rings (SSSR count). The Balaban J connectivity index is 1.58. The van der Waals surface area contributed by atoms with Crippen LogP contribution < -0.4 is 0 Å². The molecule has 2 amide bonds. The van der Waals surface area contributed by atoms with Gasteiger partial charge in [0.2, 0.25) is 0 Å². The van der Waals surface area contributed by atoms with Crippen LogP contribution in [0.25, 0.3) is 0 Å². The highest BCUT2D eigenvalue weighted by Crippen LogP contribution is 2.30. The van der Waals surface area contributed by atoms with Crippen molar-refractivity contribution < 1.29 is 19.4 Å². The number of imide groups is 1. The van der Waals surface area contributed by atoms with Gasteiger partial charge in [0, 0.05) is 5.69 Å². The van der Waals surface area contributed by atoms with Gasteiger partial charge in [-0.1, -0.05) is 36.4 Å². The van der Waals surface area contributed by atoms with Crippen LogP contribution in [-0.2, 0) is 16.1 Å². The molecule has 0 saturated carbocycles. The number of carbonyl (C=O) groups excluding carboxylic acids is 2. The molecule has 1 aliphatic heterocycles. The number of aromatic nitrogens is 1. The Labute approximate surface area is 149 Å². The number of hydrogen-bond acceptors (Lipinski definition) is 6. The monoisotopic (exact) mass is 358 g/mol. The minimum atomic E-state index is -0.952. The van der Waals surface area contributed by atoms with Gasteiger partial charge in [0.15, 0.2) is 5.44 Å². The lowest BCUT2D eigenvalue weighted by Gasteiger charge is -2.15. The van der Waals surface area contributed by atoms with Gasteiger partial charge in [-0.2, -0.15) is 0 Å². The molecule has 0 aliphatic carbocycles. The molecule has 0 spiro atoms. The maximum Gasteiger partial charge on any atom is 0.291 e. The summed E-state index contributed by atoms with van der Waals surface area (Å²) in [5.41, 5.74) is 1.19. The van der Waals surface area contributed by atoms with Gasteiger partial charge in [0.1, 0.15) is 6.10 Å². The summed E-state index contributed by atoms with van der Waals surface area (Å²) in [6.45, 7) is 1.94. The van der Waals surface area contributed by atoms with E-state index in [-0.39, 0.29) is 18.4 Å². The van der Waals surface area contributed by atoms with Gasteiger partial charge in [-0.25, -0.2) is 0 Å². The molecule has 130 valence electrons. The summed E-state index contributed by atoms with van der Waals surface area (Å²) in [6, 6.07) is 14.6. The molecule has 0 radical (unpaired) electrons. The maximum absolute atomic E-state index is 12.4. The van der Waals surface area contributed by atoms with Gasteiger partial charge in [0.05, 0.1) is 18.8 Å². The number of nitrogens with zero attached hydrogens (tertiary/aromatic N) is 2. The van der Waals surface area contributed by atoms with E-state index in [2.05, 4.69) is 4.98 Å². The van der Waals surface area contributed by atoms with Gasteiger partial charge >= 0.3 is 0 Å². The first-order valence-electron chi connectivity index (χ1n) is 7.84. The van der Waals surface area contributed by atoms with Crippen molar-refractivity contribution in [3.8, 4) is 0 Å². The molecule has 25 heavy (non-hydrogen) atoms. The quantitative estimate of drug-likeness (QED) is 0.855. The van der Waals surface area contributed by atoms with Crippen LogP contribution in [0.3, 0.4) is 0 Å². The number of thioether (sulfide) groups is 1. The van der Waals surface area contributed by atoms with E-state index in [9.17, 15) is 14.7 Å². The molecule has 1 aliphatic rings. The van der Waals surface area contributed by atoms with E-state index in [0.29, 0.717) is 5.69 Å². The van der Waals surface area contributed by atoms with Crippen molar-refractivity contribution in [2.24, 2.45) is 0 Å². The van der Waals surface area contributed by atoms with Crippen molar-refractivity contribution in [1.29, 1.82) is 0 Å². The van der Waals surface area contributed by atoms with Crippen molar-refractivity contribution in [2.45, 2.75) is 25.0 Å². The van der Waals surface area contributed by atoms with Crippen molar-refractivity contribution in [3.63, 3.8) is 0 Å². The molecule has 2 atom stereocenters. The first kappa shape index (κ1) is 17.6. The van der Waals surface area contributed by atoms with Crippen LogP contribution in [0.5, 0.6) is 0 Å². The molecule has 6 nitrogen and oxygen atoms in total. The average molecular weight is 358 g/mol. The molecule has 1 fully saturated rings. The lowest BCUT2D eigenvalue weighted by Crippen LogP contribution is -2.32. The molecular weight excluding hydrogens is 340 g/mol. The topological polar surface area (TPSA) is 79.7 Å². The summed E-state index contributed by atoms with van der Waals surface area (Å²) in [6.07, 6.45) is -0.952. The van der Waals surface area contributed by atoms with E-state index in [1.165, 1.54) is 4.90 Å². The first-order valence-corrected chi connectivity index (χ1v) is 8.71. The Morgan fingerprint density at radius 1 is 1.20 bits per heavy atom. The van der Waals surface area contributed by atoms with Crippen LogP contribution in [0.2, 0.25) is 0 Å². The Hall–Kier alpha value is -2.22. The lowest BCUT2D eigenvalue weighted by molar-refractivity contribution is -0.135. The molecular formula is C18H18N2O4S. The summed E-state index contributed by atoms with van der Waals surface area (Å²) < 4.78 is 5.47. The fraction of sp³-hybridized carbons (Fsp3) is 0.278. The molecule has 7 heteroatoms. The smallest absolute Gasteiger partial charge is 0.291 e. The number of carbonyl (C=O) groups is 2. The molecule has 2 aromatic rings. The minimum Gasteiger partial charge on any atom is -0.384 e. The molecule has 1 aromatic heterocycles. The number of amides is 2. The second kappa shape index (κ2) is 7.77. The van der Waals surface area contributed by atoms with E-state index in [1.807, 2.05) is 43.3 Å². The second-order valence-corrected chi connectivity index (χ2v) is 6.69. The lowest BCUT2D eigenvalue weighted by atomic mass is 10.2. The zero-order valence-electron chi connectivity index (χ0n) is 13.7.